The van der Waals surface area contributed by atoms with E-state index < -0.39 is 5.82 Å². The molecular formula is C21H24FN5O3. The van der Waals surface area contributed by atoms with E-state index in [1.807, 2.05) is 13.0 Å². The first-order valence-corrected chi connectivity index (χ1v) is 9.88. The number of carbonyl (C=O) groups is 1. The van der Waals surface area contributed by atoms with Crippen molar-refractivity contribution in [1.82, 2.24) is 20.3 Å². The molecule has 0 saturated heterocycles. The molecule has 2 aromatic heterocycles. The van der Waals surface area contributed by atoms with Gasteiger partial charge in [0.15, 0.2) is 11.6 Å². The molecule has 0 radical (unpaired) electrons. The number of amides is 1. The first kappa shape index (κ1) is 21.6. The van der Waals surface area contributed by atoms with Crippen molar-refractivity contribution in [2.24, 2.45) is 0 Å². The van der Waals surface area contributed by atoms with Crippen LogP contribution in [-0.2, 0) is 9.53 Å². The van der Waals surface area contributed by atoms with E-state index in [1.54, 1.807) is 0 Å². The predicted molar refractivity (Wildman–Crippen MR) is 106 cm³/mol. The Kier molecular flexibility index (Phi) is 7.25. The molecule has 1 saturated carbocycles. The summed E-state index contributed by atoms with van der Waals surface area (Å²) in [7, 11) is 0. The quantitative estimate of drug-likeness (QED) is 0.743. The summed E-state index contributed by atoms with van der Waals surface area (Å²) in [6.07, 6.45) is 7.27. The summed E-state index contributed by atoms with van der Waals surface area (Å²) in [6.45, 7) is 3.85. The molecule has 0 bridgehead atoms. The van der Waals surface area contributed by atoms with Crippen molar-refractivity contribution in [2.75, 3.05) is 6.61 Å². The number of halogens is 1. The standard InChI is InChI=1S/C21H24FN5O3/c1-13(27-14(2)28)12-29-17-3-5-18(6-4-17)30-21-19(22)7-16(11-26-21)20-24-9-15(8-23)10-25-20/h7,9-11,13,17-18H,3-6,12H2,1-2H3,(H,27,28)/t13-,17-,18-/m0/s1. The molecule has 1 fully saturated rings. The van der Waals surface area contributed by atoms with Crippen LogP contribution < -0.4 is 10.1 Å². The molecule has 2 aromatic rings. The predicted octanol–water partition coefficient (Wildman–Crippen LogP) is 2.78. The van der Waals surface area contributed by atoms with Crippen LogP contribution in [0.15, 0.2) is 24.7 Å². The molecule has 0 spiro atoms. The highest BCUT2D eigenvalue weighted by molar-refractivity contribution is 5.73. The van der Waals surface area contributed by atoms with Gasteiger partial charge in [0.2, 0.25) is 5.91 Å². The van der Waals surface area contributed by atoms with Gasteiger partial charge < -0.3 is 14.8 Å². The number of rotatable bonds is 7. The number of pyridine rings is 1. The van der Waals surface area contributed by atoms with Crippen molar-refractivity contribution in [3.63, 3.8) is 0 Å². The van der Waals surface area contributed by atoms with Gasteiger partial charge in [0.1, 0.15) is 12.2 Å². The molecule has 1 aliphatic rings. The zero-order chi connectivity index (χ0) is 21.5. The molecule has 9 heteroatoms. The normalized spacial score (nSPS) is 19.5. The molecule has 1 amide bonds. The summed E-state index contributed by atoms with van der Waals surface area (Å²) in [4.78, 5) is 23.2. The Bertz CT molecular complexity index is 908. The Morgan fingerprint density at radius 1 is 1.23 bits per heavy atom. The highest BCUT2D eigenvalue weighted by Crippen LogP contribution is 2.27. The van der Waals surface area contributed by atoms with E-state index in [1.165, 1.54) is 31.6 Å². The molecule has 0 unspecified atom stereocenters. The molecule has 1 atom stereocenters. The minimum Gasteiger partial charge on any atom is -0.472 e. The first-order valence-electron chi connectivity index (χ1n) is 9.88. The fourth-order valence-electron chi connectivity index (χ4n) is 3.31. The SMILES string of the molecule is CC(=O)N[C@@H](C)CO[C@H]1CC[C@H](Oc2ncc(-c3ncc(C#N)cn3)cc2F)CC1. The topological polar surface area (TPSA) is 110 Å². The van der Waals surface area contributed by atoms with Crippen molar-refractivity contribution >= 4 is 5.91 Å². The van der Waals surface area contributed by atoms with Crippen LogP contribution in [0, 0.1) is 17.1 Å². The monoisotopic (exact) mass is 413 g/mol. The van der Waals surface area contributed by atoms with Crippen molar-refractivity contribution in [1.29, 1.82) is 5.26 Å². The van der Waals surface area contributed by atoms with Gasteiger partial charge in [-0.3, -0.25) is 4.79 Å². The number of hydrogen-bond donors (Lipinski definition) is 1. The zero-order valence-corrected chi connectivity index (χ0v) is 17.0. The average molecular weight is 413 g/mol. The largest absolute Gasteiger partial charge is 0.472 e. The van der Waals surface area contributed by atoms with Gasteiger partial charge in [0, 0.05) is 37.1 Å². The van der Waals surface area contributed by atoms with Gasteiger partial charge in [0.05, 0.1) is 18.3 Å². The van der Waals surface area contributed by atoms with E-state index in [4.69, 9.17) is 14.7 Å². The van der Waals surface area contributed by atoms with Gasteiger partial charge >= 0.3 is 0 Å². The highest BCUT2D eigenvalue weighted by atomic mass is 19.1. The Balaban J connectivity index is 1.50. The lowest BCUT2D eigenvalue weighted by Crippen LogP contribution is -2.37. The third kappa shape index (κ3) is 5.94. The van der Waals surface area contributed by atoms with E-state index in [0.717, 1.165) is 25.7 Å². The average Bonchev–Trinajstić information content (AvgIpc) is 2.74. The Morgan fingerprint density at radius 3 is 2.50 bits per heavy atom. The van der Waals surface area contributed by atoms with E-state index in [0.29, 0.717) is 17.7 Å². The smallest absolute Gasteiger partial charge is 0.250 e. The van der Waals surface area contributed by atoms with Crippen LogP contribution in [0.3, 0.4) is 0 Å². The van der Waals surface area contributed by atoms with Gasteiger partial charge in [0.25, 0.3) is 5.88 Å². The number of nitrogens with one attached hydrogen (secondary N) is 1. The Morgan fingerprint density at radius 2 is 1.90 bits per heavy atom. The number of hydrogen-bond acceptors (Lipinski definition) is 7. The molecule has 1 aliphatic carbocycles. The van der Waals surface area contributed by atoms with E-state index in [9.17, 15) is 9.18 Å². The number of aromatic nitrogens is 3. The molecule has 2 heterocycles. The summed E-state index contributed by atoms with van der Waals surface area (Å²) >= 11 is 0. The van der Waals surface area contributed by atoms with Crippen LogP contribution in [-0.4, -0.2) is 45.7 Å². The zero-order valence-electron chi connectivity index (χ0n) is 17.0. The van der Waals surface area contributed by atoms with Gasteiger partial charge in [-0.2, -0.15) is 5.26 Å². The summed E-state index contributed by atoms with van der Waals surface area (Å²) in [5.41, 5.74) is 0.742. The fraction of sp³-hybridized carbons (Fsp3) is 0.476. The number of nitrogens with zero attached hydrogens (tertiary/aromatic N) is 4. The number of ether oxygens (including phenoxy) is 2. The van der Waals surface area contributed by atoms with Crippen molar-refractivity contribution in [3.05, 3.63) is 36.0 Å². The maximum atomic E-state index is 14.5. The second-order valence-electron chi connectivity index (χ2n) is 7.37. The van der Waals surface area contributed by atoms with Gasteiger partial charge in [-0.1, -0.05) is 0 Å². The van der Waals surface area contributed by atoms with E-state index in [-0.39, 0.29) is 35.9 Å². The van der Waals surface area contributed by atoms with Crippen LogP contribution >= 0.6 is 0 Å². The van der Waals surface area contributed by atoms with Crippen LogP contribution in [0.1, 0.15) is 45.1 Å². The van der Waals surface area contributed by atoms with Crippen LogP contribution in [0.5, 0.6) is 5.88 Å². The second-order valence-corrected chi connectivity index (χ2v) is 7.37. The summed E-state index contributed by atoms with van der Waals surface area (Å²) in [5.74, 6) is -0.411. The number of nitriles is 1. The van der Waals surface area contributed by atoms with Crippen molar-refractivity contribution in [3.8, 4) is 23.3 Å². The molecule has 0 aromatic carbocycles. The maximum Gasteiger partial charge on any atom is 0.250 e. The molecule has 158 valence electrons. The minimum atomic E-state index is -0.581. The lowest BCUT2D eigenvalue weighted by molar-refractivity contribution is -0.120. The number of carbonyl (C=O) groups excluding carboxylic acids is 1. The summed E-state index contributed by atoms with van der Waals surface area (Å²) in [5, 5.41) is 11.6. The molecule has 1 N–H and O–H groups in total. The molecule has 30 heavy (non-hydrogen) atoms. The van der Waals surface area contributed by atoms with Crippen LogP contribution in [0.4, 0.5) is 4.39 Å². The van der Waals surface area contributed by atoms with E-state index in [2.05, 4.69) is 20.3 Å². The van der Waals surface area contributed by atoms with Crippen LogP contribution in [0.25, 0.3) is 11.4 Å². The third-order valence-electron chi connectivity index (χ3n) is 4.78. The Hall–Kier alpha value is -3.12. The van der Waals surface area contributed by atoms with Crippen molar-refractivity contribution < 1.29 is 18.7 Å². The summed E-state index contributed by atoms with van der Waals surface area (Å²) in [6, 6.07) is 3.18. The Labute approximate surface area is 174 Å². The van der Waals surface area contributed by atoms with E-state index >= 15 is 0 Å². The fourth-order valence-corrected chi connectivity index (χ4v) is 3.31. The third-order valence-corrected chi connectivity index (χ3v) is 4.78. The van der Waals surface area contributed by atoms with Crippen LogP contribution in [0.2, 0.25) is 0 Å². The minimum absolute atomic E-state index is 0.0339. The molecular weight excluding hydrogens is 389 g/mol. The highest BCUT2D eigenvalue weighted by Gasteiger charge is 2.25. The lowest BCUT2D eigenvalue weighted by atomic mass is 9.95. The van der Waals surface area contributed by atoms with Gasteiger partial charge in [-0.25, -0.2) is 19.3 Å². The molecule has 3 rings (SSSR count). The summed E-state index contributed by atoms with van der Waals surface area (Å²) < 4.78 is 26.1. The maximum absolute atomic E-state index is 14.5. The second kappa shape index (κ2) is 10.1. The molecule has 0 aliphatic heterocycles. The first-order chi connectivity index (χ1) is 14.4. The van der Waals surface area contributed by atoms with Gasteiger partial charge in [-0.15, -0.1) is 0 Å². The van der Waals surface area contributed by atoms with Gasteiger partial charge in [-0.05, 0) is 38.7 Å². The lowest BCUT2D eigenvalue weighted by Gasteiger charge is -2.29. The molecule has 8 nitrogen and oxygen atoms in total. The van der Waals surface area contributed by atoms with Crippen molar-refractivity contribution in [2.45, 2.75) is 57.8 Å².